The molecule has 0 heterocycles. The minimum Gasteiger partial charge on any atom is -0.310 e. The number of rotatable bonds is 4. The molecular weight excluding hydrogens is 639 g/mol. The first-order valence-corrected chi connectivity index (χ1v) is 20.5. The molecule has 4 fully saturated rings. The van der Waals surface area contributed by atoms with Crippen molar-refractivity contribution >= 4 is 27.8 Å². The molecule has 0 N–H and O–H groups in total. The standard InChI is InChI=1S/C52H49N/c1-49(2)25-26-50(3,4)48-43(49)16-10-18-45(48)53(44-17-9-12-34-11-5-6-13-38(34)44)37-22-19-33(20-23-37)35-21-24-42-40(29-35)39-14-7-8-15-41(39)52(42)46-28-32-27-36-30-47(52)51(36,46)31-32/h5-24,29,32,36,46-47H,25-28,30-31H2,1-4H3. The Morgan fingerprint density at radius 2 is 1.23 bits per heavy atom. The quantitative estimate of drug-likeness (QED) is 0.178. The Labute approximate surface area is 315 Å². The minimum atomic E-state index is 0.0702. The predicted octanol–water partition coefficient (Wildman–Crippen LogP) is 13.7. The van der Waals surface area contributed by atoms with Crippen molar-refractivity contribution < 1.29 is 0 Å². The van der Waals surface area contributed by atoms with Crippen LogP contribution in [0.1, 0.15) is 88.5 Å². The summed E-state index contributed by atoms with van der Waals surface area (Å²) in [5.74, 6) is 3.70. The van der Waals surface area contributed by atoms with Crippen molar-refractivity contribution in [2.24, 2.45) is 29.1 Å². The molecular formula is C52H49N. The fraction of sp³-hybridized carbons (Fsp3) is 0.346. The number of fused-ring (bicyclic) bond motifs is 10. The van der Waals surface area contributed by atoms with E-state index in [1.165, 1.54) is 99.7 Å². The summed E-state index contributed by atoms with van der Waals surface area (Å²) in [4.78, 5) is 2.56. The summed E-state index contributed by atoms with van der Waals surface area (Å²) in [7, 11) is 0. The van der Waals surface area contributed by atoms with Crippen molar-refractivity contribution in [1.29, 1.82) is 0 Å². The van der Waals surface area contributed by atoms with E-state index < -0.39 is 0 Å². The van der Waals surface area contributed by atoms with E-state index in [2.05, 4.69) is 160 Å². The highest BCUT2D eigenvalue weighted by atomic mass is 15.1. The molecule has 53 heavy (non-hydrogen) atoms. The number of anilines is 3. The fourth-order valence-corrected chi connectivity index (χ4v) is 14.0. The Bertz CT molecular complexity index is 2510. The monoisotopic (exact) mass is 687 g/mol. The van der Waals surface area contributed by atoms with E-state index in [1.807, 2.05) is 0 Å². The van der Waals surface area contributed by atoms with Gasteiger partial charge < -0.3 is 4.90 Å². The molecule has 262 valence electrons. The zero-order valence-corrected chi connectivity index (χ0v) is 31.6. The van der Waals surface area contributed by atoms with Crippen molar-refractivity contribution in [3.8, 4) is 22.3 Å². The Morgan fingerprint density at radius 1 is 0.547 bits per heavy atom. The molecule has 0 aromatic heterocycles. The summed E-state index contributed by atoms with van der Waals surface area (Å²) in [5, 5.41) is 2.55. The van der Waals surface area contributed by atoms with Gasteiger partial charge in [-0.25, -0.2) is 0 Å². The van der Waals surface area contributed by atoms with Crippen molar-refractivity contribution in [3.63, 3.8) is 0 Å². The van der Waals surface area contributed by atoms with E-state index in [9.17, 15) is 0 Å². The van der Waals surface area contributed by atoms with Crippen LogP contribution < -0.4 is 4.90 Å². The largest absolute Gasteiger partial charge is 0.310 e. The van der Waals surface area contributed by atoms with Gasteiger partial charge in [-0.2, -0.15) is 0 Å². The van der Waals surface area contributed by atoms with Crippen LogP contribution in [-0.4, -0.2) is 0 Å². The molecule has 4 saturated carbocycles. The molecule has 0 aliphatic heterocycles. The first-order valence-electron chi connectivity index (χ1n) is 20.5. The molecule has 6 aromatic rings. The SMILES string of the molecule is CC1(C)CCC(C)(C)c2c(N(c3ccc(-c4ccc5c(c4)-c4ccccc4C54C5CC6CC7CC4C75C6)cc3)c3cccc4ccccc34)cccc21. The van der Waals surface area contributed by atoms with E-state index in [0.29, 0.717) is 5.41 Å². The maximum absolute atomic E-state index is 2.56. The molecule has 6 aliphatic rings. The lowest BCUT2D eigenvalue weighted by atomic mass is 9.27. The van der Waals surface area contributed by atoms with Crippen LogP contribution in [0.15, 0.2) is 127 Å². The lowest BCUT2D eigenvalue weighted by molar-refractivity contribution is -0.231. The first kappa shape index (κ1) is 30.8. The summed E-state index contributed by atoms with van der Waals surface area (Å²) in [5.41, 5.74) is 16.8. The summed E-state index contributed by atoms with van der Waals surface area (Å²) < 4.78 is 0. The van der Waals surface area contributed by atoms with E-state index in [4.69, 9.17) is 0 Å². The van der Waals surface area contributed by atoms with Gasteiger partial charge in [-0.1, -0.05) is 125 Å². The zero-order valence-electron chi connectivity index (χ0n) is 31.6. The Kier molecular flexibility index (Phi) is 5.88. The van der Waals surface area contributed by atoms with E-state index >= 15 is 0 Å². The first-order chi connectivity index (χ1) is 25.7. The topological polar surface area (TPSA) is 3.24 Å². The third-order valence-corrected chi connectivity index (χ3v) is 16.2. The molecule has 12 rings (SSSR count). The van der Waals surface area contributed by atoms with Gasteiger partial charge in [-0.3, -0.25) is 0 Å². The second-order valence-corrected chi connectivity index (χ2v) is 19.2. The Hall–Kier alpha value is -4.62. The van der Waals surface area contributed by atoms with Crippen molar-refractivity contribution in [1.82, 2.24) is 0 Å². The van der Waals surface area contributed by atoms with Crippen LogP contribution in [0.2, 0.25) is 0 Å². The van der Waals surface area contributed by atoms with Gasteiger partial charge in [0.1, 0.15) is 0 Å². The molecule has 6 unspecified atom stereocenters. The molecule has 2 spiro atoms. The summed E-state index contributed by atoms with van der Waals surface area (Å²) in [6.45, 7) is 9.77. The molecule has 1 nitrogen and oxygen atoms in total. The molecule has 0 saturated heterocycles. The number of hydrogen-bond acceptors (Lipinski definition) is 1. The maximum atomic E-state index is 2.56. The van der Waals surface area contributed by atoms with Crippen molar-refractivity contribution in [2.75, 3.05) is 4.90 Å². The van der Waals surface area contributed by atoms with Crippen LogP contribution in [0.4, 0.5) is 17.1 Å². The molecule has 6 aromatic carbocycles. The highest BCUT2D eigenvalue weighted by Gasteiger charge is 2.84. The van der Waals surface area contributed by atoms with Crippen LogP contribution in [0, 0.1) is 29.1 Å². The Balaban J connectivity index is 0.987. The van der Waals surface area contributed by atoms with Gasteiger partial charge in [0.25, 0.3) is 0 Å². The van der Waals surface area contributed by atoms with Gasteiger partial charge >= 0.3 is 0 Å². The third-order valence-electron chi connectivity index (χ3n) is 16.2. The molecule has 6 aliphatic carbocycles. The number of nitrogens with zero attached hydrogens (tertiary/aromatic N) is 1. The van der Waals surface area contributed by atoms with Crippen LogP contribution in [0.5, 0.6) is 0 Å². The molecule has 2 bridgehead atoms. The van der Waals surface area contributed by atoms with E-state index in [-0.39, 0.29) is 16.2 Å². The highest BCUT2D eigenvalue weighted by Crippen LogP contribution is 2.89. The van der Waals surface area contributed by atoms with Gasteiger partial charge in [0, 0.05) is 16.5 Å². The van der Waals surface area contributed by atoms with E-state index in [1.54, 1.807) is 11.1 Å². The summed E-state index contributed by atoms with van der Waals surface area (Å²) in [6, 6.07) is 49.3. The van der Waals surface area contributed by atoms with Gasteiger partial charge in [-0.05, 0) is 159 Å². The fourth-order valence-electron chi connectivity index (χ4n) is 14.0. The highest BCUT2D eigenvalue weighted by molar-refractivity contribution is 5.99. The van der Waals surface area contributed by atoms with Gasteiger partial charge in [0.15, 0.2) is 0 Å². The second-order valence-electron chi connectivity index (χ2n) is 19.2. The van der Waals surface area contributed by atoms with Crippen LogP contribution >= 0.6 is 0 Å². The minimum absolute atomic E-state index is 0.0702. The predicted molar refractivity (Wildman–Crippen MR) is 220 cm³/mol. The molecule has 1 heteroatoms. The summed E-state index contributed by atoms with van der Waals surface area (Å²) in [6.07, 6.45) is 8.33. The number of benzene rings is 6. The van der Waals surface area contributed by atoms with Crippen molar-refractivity contribution in [3.05, 3.63) is 150 Å². The average Bonchev–Trinajstić information content (AvgIpc) is 3.81. The lowest BCUT2D eigenvalue weighted by Crippen LogP contribution is -2.73. The van der Waals surface area contributed by atoms with Crippen LogP contribution in [0.25, 0.3) is 33.0 Å². The molecule has 0 radical (unpaired) electrons. The second kappa shape index (κ2) is 10.1. The molecule has 0 amide bonds. The van der Waals surface area contributed by atoms with Gasteiger partial charge in [-0.15, -0.1) is 0 Å². The molecule has 6 atom stereocenters. The Morgan fingerprint density at radius 3 is 2.09 bits per heavy atom. The average molecular weight is 688 g/mol. The summed E-state index contributed by atoms with van der Waals surface area (Å²) >= 11 is 0. The zero-order chi connectivity index (χ0) is 35.5. The normalized spacial score (nSPS) is 29.9. The van der Waals surface area contributed by atoms with Crippen molar-refractivity contribution in [2.45, 2.75) is 82.5 Å². The smallest absolute Gasteiger partial charge is 0.0540 e. The third kappa shape index (κ3) is 3.70. The van der Waals surface area contributed by atoms with Crippen LogP contribution in [0.3, 0.4) is 0 Å². The van der Waals surface area contributed by atoms with E-state index in [0.717, 1.165) is 23.7 Å². The van der Waals surface area contributed by atoms with Crippen LogP contribution in [-0.2, 0) is 16.2 Å². The van der Waals surface area contributed by atoms with Gasteiger partial charge in [0.05, 0.1) is 11.4 Å². The lowest BCUT2D eigenvalue weighted by Gasteiger charge is -2.76. The maximum Gasteiger partial charge on any atom is 0.0540 e. The van der Waals surface area contributed by atoms with Gasteiger partial charge in [0.2, 0.25) is 0 Å². The number of hydrogen-bond donors (Lipinski definition) is 0.